The molecule has 1 N–H and O–H groups in total. The number of aryl methyl sites for hydroxylation is 1. The summed E-state index contributed by atoms with van der Waals surface area (Å²) in [5.41, 5.74) is 2.12. The summed E-state index contributed by atoms with van der Waals surface area (Å²) in [6, 6.07) is 19.1. The summed E-state index contributed by atoms with van der Waals surface area (Å²) in [5, 5.41) is 2.78. The molecule has 0 bridgehead atoms. The van der Waals surface area contributed by atoms with Crippen LogP contribution in [0, 0.1) is 0 Å². The smallest absolute Gasteiger partial charge is 0.242 e. The number of carbonyl (C=O) groups is 2. The molecule has 2 rings (SSSR count). The molecule has 1 atom stereocenters. The highest BCUT2D eigenvalue weighted by Gasteiger charge is 2.25. The Labute approximate surface area is 155 Å². The molecule has 0 aliphatic carbocycles. The van der Waals surface area contributed by atoms with Crippen LogP contribution in [0.1, 0.15) is 24.5 Å². The normalized spacial score (nSPS) is 11.4. The lowest BCUT2D eigenvalue weighted by molar-refractivity contribution is -0.140. The minimum Gasteiger partial charge on any atom is -0.351 e. The van der Waals surface area contributed by atoms with Gasteiger partial charge in [0.2, 0.25) is 11.8 Å². The average Bonchev–Trinajstić information content (AvgIpc) is 2.69. The number of carbonyl (C=O) groups excluding carboxylic acids is 2. The molecule has 0 fully saturated rings. The molecule has 0 aliphatic rings. The van der Waals surface area contributed by atoms with E-state index in [-0.39, 0.29) is 11.8 Å². The van der Waals surface area contributed by atoms with Gasteiger partial charge in [-0.3, -0.25) is 9.59 Å². The second-order valence-corrected chi connectivity index (χ2v) is 6.20. The Morgan fingerprint density at radius 1 is 1.04 bits per heavy atom. The van der Waals surface area contributed by atoms with Crippen LogP contribution in [-0.4, -0.2) is 29.3 Å². The zero-order valence-electron chi connectivity index (χ0n) is 15.2. The molecule has 0 radical (unpaired) electrons. The van der Waals surface area contributed by atoms with E-state index in [0.29, 0.717) is 25.9 Å². The number of nitrogens with one attached hydrogen (secondary N) is 1. The maximum absolute atomic E-state index is 12.9. The van der Waals surface area contributed by atoms with Gasteiger partial charge in [0.05, 0.1) is 0 Å². The van der Waals surface area contributed by atoms with Gasteiger partial charge in [0.15, 0.2) is 0 Å². The molecule has 4 nitrogen and oxygen atoms in total. The molecular formula is C22H26N2O2. The zero-order chi connectivity index (χ0) is 18.8. The largest absolute Gasteiger partial charge is 0.351 e. The summed E-state index contributed by atoms with van der Waals surface area (Å²) in [4.78, 5) is 26.9. The molecule has 136 valence electrons. The molecular weight excluding hydrogens is 324 g/mol. The predicted octanol–water partition coefficient (Wildman–Crippen LogP) is 3.34. The number of rotatable bonds is 9. The highest BCUT2D eigenvalue weighted by Crippen LogP contribution is 2.13. The van der Waals surface area contributed by atoms with Crippen molar-refractivity contribution in [3.8, 4) is 0 Å². The van der Waals surface area contributed by atoms with Crippen molar-refractivity contribution >= 4 is 11.8 Å². The number of hydrogen-bond acceptors (Lipinski definition) is 2. The minimum absolute atomic E-state index is 0.0287. The van der Waals surface area contributed by atoms with Crippen LogP contribution in [-0.2, 0) is 22.6 Å². The summed E-state index contributed by atoms with van der Waals surface area (Å²) < 4.78 is 0. The number of nitrogens with zero attached hydrogens (tertiary/aromatic N) is 1. The van der Waals surface area contributed by atoms with Crippen LogP contribution in [0.3, 0.4) is 0 Å². The Bertz CT molecular complexity index is 713. The summed E-state index contributed by atoms with van der Waals surface area (Å²) in [7, 11) is 0. The lowest BCUT2D eigenvalue weighted by Crippen LogP contribution is -2.47. The predicted molar refractivity (Wildman–Crippen MR) is 104 cm³/mol. The molecule has 0 spiro atoms. The molecule has 2 aromatic rings. The SMILES string of the molecule is C=CCNC(=O)[C@@H](C)N(Cc1ccccc1)C(=O)CCc1ccccc1. The second-order valence-electron chi connectivity index (χ2n) is 6.20. The molecule has 0 aliphatic heterocycles. The molecule has 0 heterocycles. The first-order chi connectivity index (χ1) is 12.6. The summed E-state index contributed by atoms with van der Waals surface area (Å²) in [5.74, 6) is -0.201. The Balaban J connectivity index is 2.09. The highest BCUT2D eigenvalue weighted by molar-refractivity contribution is 5.87. The van der Waals surface area contributed by atoms with E-state index in [1.807, 2.05) is 60.7 Å². The fourth-order valence-corrected chi connectivity index (χ4v) is 2.72. The van der Waals surface area contributed by atoms with Crippen molar-refractivity contribution in [2.75, 3.05) is 6.54 Å². The van der Waals surface area contributed by atoms with Crippen LogP contribution in [0.25, 0.3) is 0 Å². The van der Waals surface area contributed by atoms with Crippen LogP contribution in [0.4, 0.5) is 0 Å². The maximum Gasteiger partial charge on any atom is 0.242 e. The molecule has 0 aromatic heterocycles. The van der Waals surface area contributed by atoms with Crippen LogP contribution in [0.5, 0.6) is 0 Å². The monoisotopic (exact) mass is 350 g/mol. The highest BCUT2D eigenvalue weighted by atomic mass is 16.2. The van der Waals surface area contributed by atoms with Crippen molar-refractivity contribution in [3.05, 3.63) is 84.4 Å². The molecule has 0 unspecified atom stereocenters. The molecule has 2 aromatic carbocycles. The topological polar surface area (TPSA) is 49.4 Å². The Morgan fingerprint density at radius 2 is 1.62 bits per heavy atom. The van der Waals surface area contributed by atoms with Gasteiger partial charge >= 0.3 is 0 Å². The van der Waals surface area contributed by atoms with E-state index >= 15 is 0 Å². The standard InChI is InChI=1S/C22H26N2O2/c1-3-16-23-22(26)18(2)24(17-20-12-8-5-9-13-20)21(25)15-14-19-10-6-4-7-11-19/h3-13,18H,1,14-17H2,2H3,(H,23,26)/t18-/m1/s1. The van der Waals surface area contributed by atoms with Gasteiger partial charge in [-0.25, -0.2) is 0 Å². The third-order valence-electron chi connectivity index (χ3n) is 4.25. The van der Waals surface area contributed by atoms with Crippen LogP contribution in [0.2, 0.25) is 0 Å². The van der Waals surface area contributed by atoms with Crippen LogP contribution >= 0.6 is 0 Å². The van der Waals surface area contributed by atoms with E-state index in [1.54, 1.807) is 17.9 Å². The van der Waals surface area contributed by atoms with E-state index in [9.17, 15) is 9.59 Å². The zero-order valence-corrected chi connectivity index (χ0v) is 15.2. The van der Waals surface area contributed by atoms with Crippen molar-refractivity contribution in [1.82, 2.24) is 10.2 Å². The second kappa shape index (κ2) is 10.2. The van der Waals surface area contributed by atoms with Crippen LogP contribution < -0.4 is 5.32 Å². The third-order valence-corrected chi connectivity index (χ3v) is 4.25. The van der Waals surface area contributed by atoms with E-state index < -0.39 is 6.04 Å². The van der Waals surface area contributed by atoms with E-state index in [1.165, 1.54) is 0 Å². The number of amides is 2. The van der Waals surface area contributed by atoms with Gasteiger partial charge in [-0.2, -0.15) is 0 Å². The molecule has 0 saturated heterocycles. The van der Waals surface area contributed by atoms with Crippen molar-refractivity contribution < 1.29 is 9.59 Å². The van der Waals surface area contributed by atoms with E-state index in [2.05, 4.69) is 11.9 Å². The van der Waals surface area contributed by atoms with Crippen molar-refractivity contribution in [3.63, 3.8) is 0 Å². The third kappa shape index (κ3) is 5.88. The first-order valence-corrected chi connectivity index (χ1v) is 8.87. The van der Waals surface area contributed by atoms with Gasteiger partial charge in [0, 0.05) is 19.5 Å². The van der Waals surface area contributed by atoms with Crippen molar-refractivity contribution in [1.29, 1.82) is 0 Å². The summed E-state index contributed by atoms with van der Waals surface area (Å²) in [6.07, 6.45) is 2.66. The van der Waals surface area contributed by atoms with Crippen molar-refractivity contribution in [2.45, 2.75) is 32.4 Å². The van der Waals surface area contributed by atoms with Gasteiger partial charge in [0.1, 0.15) is 6.04 Å². The number of benzene rings is 2. The minimum atomic E-state index is -0.543. The van der Waals surface area contributed by atoms with Gasteiger partial charge in [0.25, 0.3) is 0 Å². The maximum atomic E-state index is 12.9. The fourth-order valence-electron chi connectivity index (χ4n) is 2.72. The van der Waals surface area contributed by atoms with Gasteiger partial charge in [-0.05, 0) is 24.5 Å². The Kier molecular flexibility index (Phi) is 7.62. The number of hydrogen-bond donors (Lipinski definition) is 1. The summed E-state index contributed by atoms with van der Waals surface area (Å²) >= 11 is 0. The lowest BCUT2D eigenvalue weighted by atomic mass is 10.1. The fraction of sp³-hybridized carbons (Fsp3) is 0.273. The summed E-state index contributed by atoms with van der Waals surface area (Å²) in [6.45, 7) is 6.18. The van der Waals surface area contributed by atoms with Crippen molar-refractivity contribution in [2.24, 2.45) is 0 Å². The quantitative estimate of drug-likeness (QED) is 0.705. The van der Waals surface area contributed by atoms with Crippen LogP contribution in [0.15, 0.2) is 73.3 Å². The van der Waals surface area contributed by atoms with Gasteiger partial charge < -0.3 is 10.2 Å². The first kappa shape index (κ1) is 19.4. The lowest BCUT2D eigenvalue weighted by Gasteiger charge is -2.28. The first-order valence-electron chi connectivity index (χ1n) is 8.87. The van der Waals surface area contributed by atoms with Gasteiger partial charge in [-0.15, -0.1) is 6.58 Å². The average molecular weight is 350 g/mol. The molecule has 2 amide bonds. The molecule has 26 heavy (non-hydrogen) atoms. The Hall–Kier alpha value is -2.88. The van der Waals surface area contributed by atoms with Gasteiger partial charge in [-0.1, -0.05) is 66.7 Å². The molecule has 4 heteroatoms. The van der Waals surface area contributed by atoms with E-state index in [4.69, 9.17) is 0 Å². The molecule has 0 saturated carbocycles. The van der Waals surface area contributed by atoms with E-state index in [0.717, 1.165) is 11.1 Å². The Morgan fingerprint density at radius 3 is 2.19 bits per heavy atom.